The van der Waals surface area contributed by atoms with Crippen LogP contribution in [-0.4, -0.2) is 13.7 Å². The summed E-state index contributed by atoms with van der Waals surface area (Å²) in [5.74, 6) is 1.66. The van der Waals surface area contributed by atoms with E-state index < -0.39 is 0 Å². The van der Waals surface area contributed by atoms with E-state index in [0.717, 1.165) is 18.4 Å². The molecule has 0 amide bonds. The molecule has 0 atom stereocenters. The van der Waals surface area contributed by atoms with Gasteiger partial charge in [0.05, 0.1) is 0 Å². The molecular weight excluding hydrogens is 160 g/mol. The summed E-state index contributed by atoms with van der Waals surface area (Å²) in [6.45, 7) is 8.13. The van der Waals surface area contributed by atoms with Crippen LogP contribution in [0.4, 0.5) is 0 Å². The van der Waals surface area contributed by atoms with Crippen molar-refractivity contribution in [3.8, 4) is 0 Å². The van der Waals surface area contributed by atoms with Crippen LogP contribution in [0.5, 0.6) is 0 Å². The molecule has 1 saturated carbocycles. The molecule has 0 aromatic carbocycles. The maximum Gasteiger partial charge on any atom is 0.0490 e. The van der Waals surface area contributed by atoms with Crippen LogP contribution in [-0.2, 0) is 4.74 Å². The molecule has 0 aromatic heterocycles. The third-order valence-electron chi connectivity index (χ3n) is 4.04. The van der Waals surface area contributed by atoms with Crippen molar-refractivity contribution < 1.29 is 4.74 Å². The van der Waals surface area contributed by atoms with Gasteiger partial charge in [-0.3, -0.25) is 0 Å². The van der Waals surface area contributed by atoms with Gasteiger partial charge in [0.25, 0.3) is 0 Å². The molecule has 0 heterocycles. The van der Waals surface area contributed by atoms with Gasteiger partial charge in [0.15, 0.2) is 0 Å². The molecule has 1 rings (SSSR count). The molecule has 0 radical (unpaired) electrons. The van der Waals surface area contributed by atoms with Gasteiger partial charge in [-0.05, 0) is 42.9 Å². The zero-order chi connectivity index (χ0) is 9.90. The molecule has 78 valence electrons. The molecule has 1 aliphatic carbocycles. The smallest absolute Gasteiger partial charge is 0.0490 e. The normalized spacial score (nSPS) is 35.3. The van der Waals surface area contributed by atoms with Crippen LogP contribution in [0.25, 0.3) is 0 Å². The molecule has 0 saturated heterocycles. The van der Waals surface area contributed by atoms with Gasteiger partial charge < -0.3 is 4.74 Å². The van der Waals surface area contributed by atoms with Crippen molar-refractivity contribution in [1.82, 2.24) is 0 Å². The van der Waals surface area contributed by atoms with Crippen LogP contribution < -0.4 is 0 Å². The Bertz CT molecular complexity index is 143. The third kappa shape index (κ3) is 2.70. The molecule has 0 spiro atoms. The average molecular weight is 184 g/mol. The first-order valence-electron chi connectivity index (χ1n) is 5.57. The van der Waals surface area contributed by atoms with Crippen molar-refractivity contribution >= 4 is 0 Å². The Morgan fingerprint density at radius 3 is 2.23 bits per heavy atom. The second kappa shape index (κ2) is 4.45. The minimum absolute atomic E-state index is 0.601. The minimum Gasteiger partial charge on any atom is -0.384 e. The lowest BCUT2D eigenvalue weighted by atomic mass is 9.66. The topological polar surface area (TPSA) is 9.23 Å². The van der Waals surface area contributed by atoms with Crippen molar-refractivity contribution in [2.75, 3.05) is 13.7 Å². The fourth-order valence-corrected chi connectivity index (χ4v) is 2.32. The maximum absolute atomic E-state index is 5.21. The highest BCUT2D eigenvalue weighted by molar-refractivity contribution is 4.84. The molecule has 1 heteroatoms. The van der Waals surface area contributed by atoms with E-state index in [0.29, 0.717) is 5.41 Å². The van der Waals surface area contributed by atoms with Crippen molar-refractivity contribution in [1.29, 1.82) is 0 Å². The lowest BCUT2D eigenvalue weighted by Crippen LogP contribution is -2.30. The van der Waals surface area contributed by atoms with Gasteiger partial charge in [-0.15, -0.1) is 0 Å². The molecule has 0 aromatic rings. The summed E-state index contributed by atoms with van der Waals surface area (Å²) in [7, 11) is 1.82. The van der Waals surface area contributed by atoms with Gasteiger partial charge >= 0.3 is 0 Å². The molecule has 13 heavy (non-hydrogen) atoms. The van der Waals surface area contributed by atoms with Crippen LogP contribution in [0, 0.1) is 17.3 Å². The predicted molar refractivity (Wildman–Crippen MR) is 56.8 cm³/mol. The molecule has 1 nitrogen and oxygen atoms in total. The lowest BCUT2D eigenvalue weighted by molar-refractivity contribution is 0.0668. The summed E-state index contributed by atoms with van der Waals surface area (Å²) < 4.78 is 5.21. The first kappa shape index (κ1) is 11.0. The van der Waals surface area contributed by atoms with Crippen LogP contribution in [0.15, 0.2) is 0 Å². The molecule has 0 unspecified atom stereocenters. The quantitative estimate of drug-likeness (QED) is 0.652. The molecule has 1 aliphatic rings. The van der Waals surface area contributed by atoms with Crippen molar-refractivity contribution in [2.45, 2.75) is 46.5 Å². The summed E-state index contributed by atoms with van der Waals surface area (Å²) >= 11 is 0. The van der Waals surface area contributed by atoms with E-state index in [2.05, 4.69) is 20.8 Å². The highest BCUT2D eigenvalue weighted by Crippen LogP contribution is 2.43. The summed E-state index contributed by atoms with van der Waals surface area (Å²) in [6, 6.07) is 0. The van der Waals surface area contributed by atoms with Gasteiger partial charge in [-0.25, -0.2) is 0 Å². The van der Waals surface area contributed by atoms with E-state index in [1.54, 1.807) is 0 Å². The summed E-state index contributed by atoms with van der Waals surface area (Å²) in [5, 5.41) is 0. The maximum atomic E-state index is 5.21. The number of hydrogen-bond donors (Lipinski definition) is 0. The van der Waals surface area contributed by atoms with Gasteiger partial charge in [0.2, 0.25) is 0 Å². The van der Waals surface area contributed by atoms with Crippen LogP contribution >= 0.6 is 0 Å². The second-order valence-corrected chi connectivity index (χ2v) is 5.21. The average Bonchev–Trinajstić information content (AvgIpc) is 2.09. The Morgan fingerprint density at radius 1 is 1.31 bits per heavy atom. The van der Waals surface area contributed by atoms with Gasteiger partial charge in [-0.1, -0.05) is 20.8 Å². The number of methoxy groups -OCH3 is 1. The van der Waals surface area contributed by atoms with E-state index in [4.69, 9.17) is 4.74 Å². The summed E-state index contributed by atoms with van der Waals surface area (Å²) in [6.07, 6.45) is 5.50. The summed E-state index contributed by atoms with van der Waals surface area (Å²) in [5.41, 5.74) is 0.601. The Hall–Kier alpha value is -0.0400. The number of hydrogen-bond acceptors (Lipinski definition) is 1. The van der Waals surface area contributed by atoms with E-state index >= 15 is 0 Å². The molecule has 0 aliphatic heterocycles. The Morgan fingerprint density at radius 2 is 1.85 bits per heavy atom. The van der Waals surface area contributed by atoms with Gasteiger partial charge in [0, 0.05) is 13.7 Å². The summed E-state index contributed by atoms with van der Waals surface area (Å²) in [4.78, 5) is 0. The van der Waals surface area contributed by atoms with Crippen LogP contribution in [0.1, 0.15) is 46.5 Å². The fraction of sp³-hybridized carbons (Fsp3) is 1.00. The van der Waals surface area contributed by atoms with E-state index in [1.807, 2.05) is 7.11 Å². The first-order valence-corrected chi connectivity index (χ1v) is 5.57. The monoisotopic (exact) mass is 184 g/mol. The van der Waals surface area contributed by atoms with E-state index in [-0.39, 0.29) is 0 Å². The van der Waals surface area contributed by atoms with Crippen LogP contribution in [0.2, 0.25) is 0 Å². The zero-order valence-electron chi connectivity index (χ0n) is 9.60. The highest BCUT2D eigenvalue weighted by atomic mass is 16.5. The lowest BCUT2D eigenvalue weighted by Gasteiger charge is -2.40. The standard InChI is InChI=1S/C12H24O/c1-10(2)12(3)7-5-11(6-8-12)9-13-4/h10-11H,5-9H2,1-4H3. The number of ether oxygens (including phenoxy) is 1. The molecule has 1 fully saturated rings. The molecule has 0 N–H and O–H groups in total. The fourth-order valence-electron chi connectivity index (χ4n) is 2.32. The van der Waals surface area contributed by atoms with Crippen molar-refractivity contribution in [3.63, 3.8) is 0 Å². The first-order chi connectivity index (χ1) is 6.08. The number of rotatable bonds is 3. The minimum atomic E-state index is 0.601. The van der Waals surface area contributed by atoms with Gasteiger partial charge in [-0.2, -0.15) is 0 Å². The Labute approximate surface area is 82.9 Å². The third-order valence-corrected chi connectivity index (χ3v) is 4.04. The predicted octanol–water partition coefficient (Wildman–Crippen LogP) is 3.49. The van der Waals surface area contributed by atoms with E-state index in [9.17, 15) is 0 Å². The van der Waals surface area contributed by atoms with Gasteiger partial charge in [0.1, 0.15) is 0 Å². The SMILES string of the molecule is COCC1CCC(C)(C(C)C)CC1. The van der Waals surface area contributed by atoms with Crippen molar-refractivity contribution in [2.24, 2.45) is 17.3 Å². The largest absolute Gasteiger partial charge is 0.384 e. The Balaban J connectivity index is 2.37. The van der Waals surface area contributed by atoms with Crippen LogP contribution in [0.3, 0.4) is 0 Å². The molecule has 0 bridgehead atoms. The van der Waals surface area contributed by atoms with E-state index in [1.165, 1.54) is 25.7 Å². The Kier molecular flexibility index (Phi) is 3.78. The second-order valence-electron chi connectivity index (χ2n) is 5.21. The highest BCUT2D eigenvalue weighted by Gasteiger charge is 2.33. The molecular formula is C12H24O. The van der Waals surface area contributed by atoms with Crippen molar-refractivity contribution in [3.05, 3.63) is 0 Å². The zero-order valence-corrected chi connectivity index (χ0v) is 9.60.